The average Bonchev–Trinajstić information content (AvgIpc) is 3.35. The monoisotopic (exact) mass is 525 g/mol. The Labute approximate surface area is 218 Å². The van der Waals surface area contributed by atoms with Gasteiger partial charge in [0.15, 0.2) is 5.69 Å². The van der Waals surface area contributed by atoms with Gasteiger partial charge in [0.1, 0.15) is 11.5 Å². The van der Waals surface area contributed by atoms with E-state index in [4.69, 9.17) is 16.3 Å². The van der Waals surface area contributed by atoms with Gasteiger partial charge in [-0.05, 0) is 55.5 Å². The molecule has 3 aromatic rings. The fourth-order valence-corrected chi connectivity index (χ4v) is 4.79. The molecule has 2 amide bonds. The molecule has 4 rings (SSSR count). The Morgan fingerprint density at radius 3 is 2.68 bits per heavy atom. The molecule has 194 valence electrons. The van der Waals surface area contributed by atoms with Crippen molar-refractivity contribution in [2.45, 2.75) is 45.2 Å². The molecule has 0 bridgehead atoms. The van der Waals surface area contributed by atoms with Crippen LogP contribution in [-0.2, 0) is 24.2 Å². The predicted molar refractivity (Wildman–Crippen MR) is 140 cm³/mol. The number of ether oxygens (including phenoxy) is 1. The molecule has 0 radical (unpaired) electrons. The molecule has 4 N–H and O–H groups in total. The summed E-state index contributed by atoms with van der Waals surface area (Å²) in [6, 6.07) is 12.2. The Kier molecular flexibility index (Phi) is 8.03. The van der Waals surface area contributed by atoms with E-state index in [2.05, 4.69) is 10.6 Å². The first kappa shape index (κ1) is 26.1. The number of halogens is 1. The molecule has 0 aliphatic heterocycles. The van der Waals surface area contributed by atoms with Crippen molar-refractivity contribution in [3.8, 4) is 11.5 Å². The average molecular weight is 526 g/mol. The summed E-state index contributed by atoms with van der Waals surface area (Å²) in [5, 5.41) is 25.9. The first-order chi connectivity index (χ1) is 17.8. The van der Waals surface area contributed by atoms with Crippen LogP contribution in [0.4, 0.5) is 10.5 Å². The molecular formula is C27H28ClN3O6. The zero-order chi connectivity index (χ0) is 26.5. The van der Waals surface area contributed by atoms with Gasteiger partial charge in [0, 0.05) is 16.3 Å². The summed E-state index contributed by atoms with van der Waals surface area (Å²) in [6.07, 6.45) is 1.55. The number of fused-ring (bicyclic) bond motifs is 1. The van der Waals surface area contributed by atoms with E-state index in [9.17, 15) is 24.6 Å². The van der Waals surface area contributed by atoms with Crippen LogP contribution in [0.2, 0.25) is 5.02 Å². The van der Waals surface area contributed by atoms with Crippen molar-refractivity contribution >= 4 is 29.3 Å². The third-order valence-corrected chi connectivity index (χ3v) is 6.65. The van der Waals surface area contributed by atoms with Crippen LogP contribution in [0.25, 0.3) is 0 Å². The number of benzene rings is 2. The number of anilines is 1. The second-order valence-corrected chi connectivity index (χ2v) is 9.15. The minimum atomic E-state index is -1.12. The number of hydrogen-bond acceptors (Lipinski definition) is 5. The van der Waals surface area contributed by atoms with Gasteiger partial charge in [-0.3, -0.25) is 9.59 Å². The Hall–Kier alpha value is -3.98. The highest BCUT2D eigenvalue weighted by Gasteiger charge is 2.27. The summed E-state index contributed by atoms with van der Waals surface area (Å²) in [5.74, 6) is -0.845. The number of urea groups is 1. The molecule has 10 heteroatoms. The Balaban J connectivity index is 1.64. The van der Waals surface area contributed by atoms with Gasteiger partial charge >= 0.3 is 12.0 Å². The molecule has 9 nitrogen and oxygen atoms in total. The van der Waals surface area contributed by atoms with Crippen molar-refractivity contribution in [2.24, 2.45) is 0 Å². The van der Waals surface area contributed by atoms with E-state index in [0.717, 1.165) is 12.0 Å². The predicted octanol–water partition coefficient (Wildman–Crippen LogP) is 4.48. The normalized spacial score (nSPS) is 13.0. The van der Waals surface area contributed by atoms with Crippen LogP contribution < -0.4 is 20.9 Å². The summed E-state index contributed by atoms with van der Waals surface area (Å²) in [6.45, 7) is 2.44. The third kappa shape index (κ3) is 5.89. The lowest BCUT2D eigenvalue weighted by Crippen LogP contribution is -2.37. The van der Waals surface area contributed by atoms with Gasteiger partial charge in [0.25, 0.3) is 5.56 Å². The van der Waals surface area contributed by atoms with E-state index >= 15 is 0 Å². The summed E-state index contributed by atoms with van der Waals surface area (Å²) in [5.41, 5.74) is 1.75. The molecule has 37 heavy (non-hydrogen) atoms. The summed E-state index contributed by atoms with van der Waals surface area (Å²) < 4.78 is 7.01. The van der Waals surface area contributed by atoms with Crippen molar-refractivity contribution in [3.05, 3.63) is 86.3 Å². The first-order valence-electron chi connectivity index (χ1n) is 12.0. The van der Waals surface area contributed by atoms with Gasteiger partial charge in [0.05, 0.1) is 25.6 Å². The fourth-order valence-electron chi connectivity index (χ4n) is 4.59. The van der Waals surface area contributed by atoms with E-state index in [1.807, 2.05) is 19.1 Å². The number of aliphatic carboxylic acids is 1. The van der Waals surface area contributed by atoms with Gasteiger partial charge in [-0.2, -0.15) is 0 Å². The molecule has 1 atom stereocenters. The van der Waals surface area contributed by atoms with Crippen molar-refractivity contribution in [1.29, 1.82) is 0 Å². The molecule has 0 saturated heterocycles. The number of carboxylic acid groups (broad SMARTS) is 1. The molecular weight excluding hydrogens is 498 g/mol. The van der Waals surface area contributed by atoms with Crippen LogP contribution in [-0.4, -0.2) is 33.4 Å². The number of nitrogens with one attached hydrogen (secondary N) is 2. The van der Waals surface area contributed by atoms with Gasteiger partial charge in [-0.1, -0.05) is 41.9 Å². The highest BCUT2D eigenvalue weighted by Crippen LogP contribution is 2.34. The number of carbonyl (C=O) groups excluding carboxylic acids is 1. The lowest BCUT2D eigenvalue weighted by molar-refractivity contribution is -0.137. The number of nitrogens with zero attached hydrogens (tertiary/aromatic N) is 1. The van der Waals surface area contributed by atoms with Crippen molar-refractivity contribution in [3.63, 3.8) is 0 Å². The highest BCUT2D eigenvalue weighted by atomic mass is 35.5. The second kappa shape index (κ2) is 11.4. The van der Waals surface area contributed by atoms with E-state index in [0.29, 0.717) is 47.0 Å². The Morgan fingerprint density at radius 2 is 1.95 bits per heavy atom. The van der Waals surface area contributed by atoms with Crippen molar-refractivity contribution in [2.75, 3.05) is 11.9 Å². The number of carbonyl (C=O) groups is 2. The summed E-state index contributed by atoms with van der Waals surface area (Å²) in [7, 11) is 0. The lowest BCUT2D eigenvalue weighted by atomic mass is 10.0. The number of aromatic nitrogens is 1. The van der Waals surface area contributed by atoms with Gasteiger partial charge < -0.3 is 30.2 Å². The molecule has 1 aromatic heterocycles. The quantitative estimate of drug-likeness (QED) is 0.326. The minimum Gasteiger partial charge on any atom is -0.505 e. The molecule has 1 aliphatic rings. The first-order valence-corrected chi connectivity index (χ1v) is 12.4. The van der Waals surface area contributed by atoms with Crippen molar-refractivity contribution in [1.82, 2.24) is 9.88 Å². The van der Waals surface area contributed by atoms with Crippen LogP contribution in [0.1, 0.15) is 48.2 Å². The maximum atomic E-state index is 13.5. The van der Waals surface area contributed by atoms with Crippen LogP contribution in [0.3, 0.4) is 0 Å². The van der Waals surface area contributed by atoms with Crippen molar-refractivity contribution < 1.29 is 24.5 Å². The maximum Gasteiger partial charge on any atom is 0.319 e. The number of aromatic hydroxyl groups is 1. The van der Waals surface area contributed by atoms with Crippen LogP contribution >= 0.6 is 11.6 Å². The smallest absolute Gasteiger partial charge is 0.319 e. The number of rotatable bonds is 9. The number of pyridine rings is 1. The molecule has 1 heterocycles. The molecule has 0 saturated carbocycles. The fraction of sp³-hybridized carbons (Fsp3) is 0.296. The Bertz CT molecular complexity index is 1390. The zero-order valence-corrected chi connectivity index (χ0v) is 21.0. The highest BCUT2D eigenvalue weighted by molar-refractivity contribution is 6.31. The Morgan fingerprint density at radius 1 is 1.16 bits per heavy atom. The summed E-state index contributed by atoms with van der Waals surface area (Å²) in [4.78, 5) is 38.0. The van der Waals surface area contributed by atoms with E-state index in [1.54, 1.807) is 36.4 Å². The van der Waals surface area contributed by atoms with E-state index in [-0.39, 0.29) is 18.0 Å². The van der Waals surface area contributed by atoms with Gasteiger partial charge in [-0.25, -0.2) is 4.79 Å². The van der Waals surface area contributed by atoms with Crippen LogP contribution in [0.15, 0.2) is 53.3 Å². The standard InChI is InChI=1S/C27H28ClN3O6/c1-2-37-18-9-5-8-16(13-18)21(14-23(32)33)29-27(36)30-24-25(34)19-10-6-12-22(19)31(26(24)35)15-17-7-3-4-11-20(17)28/h3-5,7-9,11,13,21,34H,2,6,10,12,14-15H2,1H3,(H,32,33)(H2,29,30,36)/t21-/m0/s1. The largest absolute Gasteiger partial charge is 0.505 e. The molecule has 1 aliphatic carbocycles. The van der Waals surface area contributed by atoms with Crippen LogP contribution in [0.5, 0.6) is 11.5 Å². The molecule has 0 unspecified atom stereocenters. The SMILES string of the molecule is CCOc1cccc([C@H](CC(=O)O)NC(=O)Nc2c(O)c3c(n(Cc4ccccc4Cl)c2=O)CCC3)c1. The maximum absolute atomic E-state index is 13.5. The van der Waals surface area contributed by atoms with E-state index < -0.39 is 30.0 Å². The number of hydrogen-bond donors (Lipinski definition) is 4. The lowest BCUT2D eigenvalue weighted by Gasteiger charge is -2.20. The van der Waals surface area contributed by atoms with Gasteiger partial charge in [0.2, 0.25) is 0 Å². The summed E-state index contributed by atoms with van der Waals surface area (Å²) >= 11 is 6.32. The molecule has 0 spiro atoms. The van der Waals surface area contributed by atoms with Crippen LogP contribution in [0, 0.1) is 0 Å². The van der Waals surface area contributed by atoms with E-state index in [1.165, 1.54) is 4.57 Å². The topological polar surface area (TPSA) is 130 Å². The number of carboxylic acids is 1. The zero-order valence-electron chi connectivity index (χ0n) is 20.3. The molecule has 2 aromatic carbocycles. The third-order valence-electron chi connectivity index (χ3n) is 6.28. The molecule has 0 fully saturated rings. The minimum absolute atomic E-state index is 0.184. The second-order valence-electron chi connectivity index (χ2n) is 8.74. The van der Waals surface area contributed by atoms with Gasteiger partial charge in [-0.15, -0.1) is 0 Å². The number of amides is 2.